The third kappa shape index (κ3) is 4.36. The number of aryl methyl sites for hydroxylation is 4. The van der Waals surface area contributed by atoms with E-state index in [1.54, 1.807) is 16.0 Å². The van der Waals surface area contributed by atoms with Gasteiger partial charge in [-0.05, 0) is 64.0 Å². The molecule has 0 bridgehead atoms. The predicted octanol–water partition coefficient (Wildman–Crippen LogP) is 3.76. The molecule has 164 valence electrons. The van der Waals surface area contributed by atoms with Crippen molar-refractivity contribution < 1.29 is 9.53 Å². The topological polar surface area (TPSA) is 81.9 Å². The summed E-state index contributed by atoms with van der Waals surface area (Å²) in [7, 11) is 0. The van der Waals surface area contributed by atoms with E-state index in [-0.39, 0.29) is 12.0 Å². The maximum Gasteiger partial charge on any atom is 0.253 e. The van der Waals surface area contributed by atoms with Crippen molar-refractivity contribution in [1.29, 1.82) is 0 Å². The summed E-state index contributed by atoms with van der Waals surface area (Å²) in [5.74, 6) is 0.933. The van der Waals surface area contributed by atoms with E-state index in [9.17, 15) is 4.79 Å². The van der Waals surface area contributed by atoms with E-state index >= 15 is 0 Å². The molecule has 1 atom stereocenters. The summed E-state index contributed by atoms with van der Waals surface area (Å²) in [6.07, 6.45) is 6.85. The van der Waals surface area contributed by atoms with Gasteiger partial charge in [0.05, 0.1) is 17.6 Å². The SMILES string of the molecule is Cc1cc(C)n(-c2nc(SCC(=O)NC[C@@H]3CCCO3)c3c4c(sc3n2)CCCC4)n1. The normalized spacial score (nSPS) is 18.5. The van der Waals surface area contributed by atoms with Crippen molar-refractivity contribution >= 4 is 39.2 Å². The third-order valence-corrected chi connectivity index (χ3v) is 8.02. The van der Waals surface area contributed by atoms with E-state index in [0.717, 1.165) is 58.9 Å². The van der Waals surface area contributed by atoms with Crippen LogP contribution in [0.15, 0.2) is 11.1 Å². The van der Waals surface area contributed by atoms with Gasteiger partial charge in [-0.3, -0.25) is 4.79 Å². The number of nitrogens with one attached hydrogen (secondary N) is 1. The van der Waals surface area contributed by atoms with Crippen LogP contribution in [0.25, 0.3) is 16.2 Å². The van der Waals surface area contributed by atoms with E-state index < -0.39 is 0 Å². The van der Waals surface area contributed by atoms with Gasteiger partial charge in [0.25, 0.3) is 5.95 Å². The molecule has 4 heterocycles. The molecule has 0 radical (unpaired) electrons. The lowest BCUT2D eigenvalue weighted by Gasteiger charge is -2.13. The Kier molecular flexibility index (Phi) is 5.99. The molecule has 31 heavy (non-hydrogen) atoms. The minimum atomic E-state index is 0.0176. The van der Waals surface area contributed by atoms with E-state index in [2.05, 4.69) is 10.4 Å². The molecule has 1 saturated heterocycles. The van der Waals surface area contributed by atoms with Crippen LogP contribution in [0.1, 0.15) is 47.5 Å². The molecular weight excluding hydrogens is 430 g/mol. The quantitative estimate of drug-likeness (QED) is 0.448. The number of ether oxygens (including phenoxy) is 1. The smallest absolute Gasteiger partial charge is 0.253 e. The number of thiophene rings is 1. The molecular formula is C22H27N5O2S2. The van der Waals surface area contributed by atoms with Gasteiger partial charge in [-0.2, -0.15) is 10.1 Å². The second kappa shape index (κ2) is 8.88. The summed E-state index contributed by atoms with van der Waals surface area (Å²) in [6, 6.07) is 2.03. The Morgan fingerprint density at radius 1 is 1.29 bits per heavy atom. The maximum absolute atomic E-state index is 12.5. The van der Waals surface area contributed by atoms with Gasteiger partial charge < -0.3 is 10.1 Å². The Hall–Kier alpha value is -1.97. The van der Waals surface area contributed by atoms with Crippen LogP contribution >= 0.6 is 23.1 Å². The van der Waals surface area contributed by atoms with E-state index in [4.69, 9.17) is 14.7 Å². The lowest BCUT2D eigenvalue weighted by molar-refractivity contribution is -0.119. The van der Waals surface area contributed by atoms with Crippen LogP contribution in [0, 0.1) is 13.8 Å². The summed E-state index contributed by atoms with van der Waals surface area (Å²) in [5, 5.41) is 9.62. The van der Waals surface area contributed by atoms with Crippen molar-refractivity contribution in [3.8, 4) is 5.95 Å². The molecule has 5 rings (SSSR count). The highest BCUT2D eigenvalue weighted by molar-refractivity contribution is 8.00. The minimum absolute atomic E-state index is 0.0176. The summed E-state index contributed by atoms with van der Waals surface area (Å²) in [6.45, 7) is 5.37. The molecule has 7 nitrogen and oxygen atoms in total. The number of hydrogen-bond donors (Lipinski definition) is 1. The van der Waals surface area contributed by atoms with E-state index in [1.165, 1.54) is 35.0 Å². The largest absolute Gasteiger partial charge is 0.376 e. The Balaban J connectivity index is 1.43. The molecule has 9 heteroatoms. The molecule has 1 aliphatic heterocycles. The first kappa shape index (κ1) is 20.9. The maximum atomic E-state index is 12.5. The Morgan fingerprint density at radius 3 is 2.94 bits per heavy atom. The van der Waals surface area contributed by atoms with Crippen molar-refractivity contribution in [1.82, 2.24) is 25.1 Å². The molecule has 1 N–H and O–H groups in total. The fraction of sp³-hybridized carbons (Fsp3) is 0.545. The number of amides is 1. The summed E-state index contributed by atoms with van der Waals surface area (Å²) < 4.78 is 7.40. The number of thioether (sulfide) groups is 1. The van der Waals surface area contributed by atoms with Gasteiger partial charge in [-0.1, -0.05) is 11.8 Å². The number of carbonyl (C=O) groups is 1. The average Bonchev–Trinajstić information content (AvgIpc) is 3.48. The van der Waals surface area contributed by atoms with Gasteiger partial charge in [0.15, 0.2) is 0 Å². The van der Waals surface area contributed by atoms with Crippen LogP contribution < -0.4 is 5.32 Å². The molecule has 2 aliphatic rings. The Labute approximate surface area is 190 Å². The average molecular weight is 458 g/mol. The molecule has 0 saturated carbocycles. The molecule has 0 spiro atoms. The van der Waals surface area contributed by atoms with Gasteiger partial charge >= 0.3 is 0 Å². The fourth-order valence-corrected chi connectivity index (χ4v) is 6.56. The van der Waals surface area contributed by atoms with Crippen LogP contribution in [0.3, 0.4) is 0 Å². The van der Waals surface area contributed by atoms with Crippen molar-refractivity contribution in [3.63, 3.8) is 0 Å². The van der Waals surface area contributed by atoms with Crippen molar-refractivity contribution in [2.75, 3.05) is 18.9 Å². The predicted molar refractivity (Wildman–Crippen MR) is 123 cm³/mol. The Bertz CT molecular complexity index is 1120. The van der Waals surface area contributed by atoms with Gasteiger partial charge in [0, 0.05) is 29.1 Å². The second-order valence-corrected chi connectivity index (χ2v) is 10.3. The zero-order valence-corrected chi connectivity index (χ0v) is 19.6. The highest BCUT2D eigenvalue weighted by Gasteiger charge is 2.23. The van der Waals surface area contributed by atoms with Crippen molar-refractivity contribution in [2.45, 2.75) is 63.5 Å². The van der Waals surface area contributed by atoms with Crippen LogP contribution in [0.4, 0.5) is 0 Å². The Morgan fingerprint density at radius 2 is 2.16 bits per heavy atom. The van der Waals surface area contributed by atoms with Crippen LogP contribution in [-0.4, -0.2) is 50.7 Å². The number of aromatic nitrogens is 4. The minimum Gasteiger partial charge on any atom is -0.376 e. The van der Waals surface area contributed by atoms with Gasteiger partial charge in [-0.15, -0.1) is 11.3 Å². The summed E-state index contributed by atoms with van der Waals surface area (Å²) >= 11 is 3.28. The fourth-order valence-electron chi connectivity index (χ4n) is 4.36. The number of nitrogens with zero attached hydrogens (tertiary/aromatic N) is 4. The molecule has 1 fully saturated rings. The molecule has 1 aliphatic carbocycles. The zero-order valence-electron chi connectivity index (χ0n) is 17.9. The number of hydrogen-bond acceptors (Lipinski definition) is 7. The lowest BCUT2D eigenvalue weighted by atomic mass is 9.97. The van der Waals surface area contributed by atoms with Gasteiger partial charge in [0.1, 0.15) is 9.86 Å². The highest BCUT2D eigenvalue weighted by Crippen LogP contribution is 2.40. The number of rotatable bonds is 6. The van der Waals surface area contributed by atoms with Gasteiger partial charge in [-0.25, -0.2) is 9.67 Å². The molecule has 1 amide bonds. The molecule has 0 unspecified atom stereocenters. The number of carbonyl (C=O) groups excluding carboxylic acids is 1. The van der Waals surface area contributed by atoms with E-state index in [0.29, 0.717) is 18.2 Å². The molecule has 3 aromatic rings. The van der Waals surface area contributed by atoms with Gasteiger partial charge in [0.2, 0.25) is 5.91 Å². The molecule has 0 aromatic carbocycles. The monoisotopic (exact) mass is 457 g/mol. The van der Waals surface area contributed by atoms with Crippen molar-refractivity contribution in [3.05, 3.63) is 27.9 Å². The van der Waals surface area contributed by atoms with Crippen LogP contribution in [-0.2, 0) is 22.4 Å². The molecule has 3 aromatic heterocycles. The second-order valence-electron chi connectivity index (χ2n) is 8.29. The van der Waals surface area contributed by atoms with Crippen molar-refractivity contribution in [2.24, 2.45) is 0 Å². The summed E-state index contributed by atoms with van der Waals surface area (Å²) in [4.78, 5) is 24.7. The lowest BCUT2D eigenvalue weighted by Crippen LogP contribution is -2.32. The van der Waals surface area contributed by atoms with E-state index in [1.807, 2.05) is 19.9 Å². The first-order chi connectivity index (χ1) is 15.1. The third-order valence-electron chi connectivity index (χ3n) is 5.86. The standard InChI is InChI=1S/C22H27N5O2S2/c1-13-10-14(2)27(26-13)22-24-20(30-12-18(28)23-11-15-6-5-9-29-15)19-16-7-3-4-8-17(16)31-21(19)25-22/h10,15H,3-9,11-12H2,1-2H3,(H,23,28)/t15-/m0/s1. The first-order valence-electron chi connectivity index (χ1n) is 11.0. The van der Waals surface area contributed by atoms with Crippen LogP contribution in [0.5, 0.6) is 0 Å². The first-order valence-corrected chi connectivity index (χ1v) is 12.8. The summed E-state index contributed by atoms with van der Waals surface area (Å²) in [5.41, 5.74) is 3.33. The van der Waals surface area contributed by atoms with Crippen LogP contribution in [0.2, 0.25) is 0 Å². The number of fused-ring (bicyclic) bond motifs is 3. The zero-order chi connectivity index (χ0) is 21.4. The highest BCUT2D eigenvalue weighted by atomic mass is 32.2.